The van der Waals surface area contributed by atoms with Crippen molar-refractivity contribution in [2.24, 2.45) is 5.92 Å². The second-order valence-corrected chi connectivity index (χ2v) is 14.4. The zero-order valence-electron chi connectivity index (χ0n) is 25.0. The summed E-state index contributed by atoms with van der Waals surface area (Å²) in [6.45, 7) is 5.94. The summed E-state index contributed by atoms with van der Waals surface area (Å²) in [4.78, 5) is 14.4. The first kappa shape index (κ1) is 29.0. The van der Waals surface area contributed by atoms with Crippen LogP contribution in [0.1, 0.15) is 57.4 Å². The number of hydrogen-bond acceptors (Lipinski definition) is 9. The van der Waals surface area contributed by atoms with E-state index in [1.54, 1.807) is 0 Å². The highest BCUT2D eigenvalue weighted by molar-refractivity contribution is 7.23. The van der Waals surface area contributed by atoms with E-state index in [2.05, 4.69) is 22.8 Å². The van der Waals surface area contributed by atoms with E-state index in [9.17, 15) is 9.65 Å². The molecule has 45 heavy (non-hydrogen) atoms. The van der Waals surface area contributed by atoms with Gasteiger partial charge in [0.15, 0.2) is 11.6 Å². The Kier molecular flexibility index (Phi) is 6.97. The van der Waals surface area contributed by atoms with Crippen LogP contribution in [-0.4, -0.2) is 59.3 Å². The third-order valence-electron chi connectivity index (χ3n) is 10.2. The second-order valence-electron chi connectivity index (χ2n) is 13.0. The SMILES string of the molecule is C[C@H]1CN2CCCC2(COc2nc3c4c(c(Cl)c(-c5ccc(F)c6sc(N)c(C#N)c56)c(F)c4n2)OCCC2CCCCN32)C1. The van der Waals surface area contributed by atoms with Gasteiger partial charge in [-0.2, -0.15) is 15.2 Å². The van der Waals surface area contributed by atoms with Crippen LogP contribution in [0.5, 0.6) is 11.8 Å². The highest BCUT2D eigenvalue weighted by Gasteiger charge is 2.48. The summed E-state index contributed by atoms with van der Waals surface area (Å²) in [5, 5.41) is 10.7. The molecule has 234 valence electrons. The van der Waals surface area contributed by atoms with Crippen molar-refractivity contribution in [1.29, 1.82) is 5.26 Å². The highest BCUT2D eigenvalue weighted by Crippen LogP contribution is 2.51. The van der Waals surface area contributed by atoms with E-state index in [1.165, 1.54) is 12.1 Å². The molecule has 0 saturated carbocycles. The number of nitrogens with zero attached hydrogens (tertiary/aromatic N) is 5. The van der Waals surface area contributed by atoms with E-state index in [-0.39, 0.29) is 65.7 Å². The number of thiophene rings is 1. The van der Waals surface area contributed by atoms with Crippen molar-refractivity contribution in [3.63, 3.8) is 0 Å². The Labute approximate surface area is 268 Å². The van der Waals surface area contributed by atoms with Crippen molar-refractivity contribution >= 4 is 54.7 Å². The van der Waals surface area contributed by atoms with Gasteiger partial charge < -0.3 is 20.1 Å². The number of nitrogen functional groups attached to an aromatic ring is 1. The fourth-order valence-corrected chi connectivity index (χ4v) is 9.57. The number of hydrogen-bond donors (Lipinski definition) is 1. The summed E-state index contributed by atoms with van der Waals surface area (Å²) in [6.07, 6.45) is 7.03. The number of benzene rings is 2. The summed E-state index contributed by atoms with van der Waals surface area (Å²) >= 11 is 8.01. The molecule has 3 fully saturated rings. The van der Waals surface area contributed by atoms with E-state index in [4.69, 9.17) is 36.8 Å². The largest absolute Gasteiger partial charge is 0.491 e. The average molecular weight is 651 g/mol. The molecule has 2 aromatic heterocycles. The first-order chi connectivity index (χ1) is 21.8. The van der Waals surface area contributed by atoms with Crippen LogP contribution in [-0.2, 0) is 0 Å². The molecule has 8 rings (SSSR count). The van der Waals surface area contributed by atoms with Crippen molar-refractivity contribution in [3.05, 3.63) is 34.4 Å². The van der Waals surface area contributed by atoms with Crippen molar-refractivity contribution in [3.8, 4) is 29.0 Å². The lowest BCUT2D eigenvalue weighted by molar-refractivity contribution is 0.107. The maximum Gasteiger partial charge on any atom is 0.319 e. The van der Waals surface area contributed by atoms with E-state index in [0.717, 1.165) is 75.9 Å². The predicted molar refractivity (Wildman–Crippen MR) is 172 cm³/mol. The molecule has 3 atom stereocenters. The fourth-order valence-electron chi connectivity index (χ4n) is 8.29. The molecule has 0 radical (unpaired) electrons. The lowest BCUT2D eigenvalue weighted by Crippen LogP contribution is -2.44. The quantitative estimate of drug-likeness (QED) is 0.246. The molecule has 2 aromatic carbocycles. The Morgan fingerprint density at radius 2 is 2.07 bits per heavy atom. The Bertz CT molecular complexity index is 1910. The fraction of sp³-hybridized carbons (Fsp3) is 0.485. The van der Waals surface area contributed by atoms with Crippen LogP contribution in [0.4, 0.5) is 19.6 Å². The minimum absolute atomic E-state index is 0.0185. The van der Waals surface area contributed by atoms with Crippen LogP contribution < -0.4 is 20.1 Å². The number of fused-ring (bicyclic) bond motifs is 4. The third kappa shape index (κ3) is 4.43. The van der Waals surface area contributed by atoms with Gasteiger partial charge in [-0.3, -0.25) is 4.90 Å². The number of halogens is 3. The van der Waals surface area contributed by atoms with Gasteiger partial charge in [-0.05, 0) is 62.6 Å². The maximum absolute atomic E-state index is 17.1. The smallest absolute Gasteiger partial charge is 0.319 e. The minimum Gasteiger partial charge on any atom is -0.491 e. The molecule has 6 heterocycles. The van der Waals surface area contributed by atoms with Gasteiger partial charge in [-0.25, -0.2) is 8.78 Å². The molecule has 2 N–H and O–H groups in total. The number of piperidine rings is 1. The molecule has 0 spiro atoms. The normalized spacial score (nSPS) is 24.6. The summed E-state index contributed by atoms with van der Waals surface area (Å²) in [5.74, 6) is 0.157. The molecule has 0 aliphatic carbocycles. The maximum atomic E-state index is 17.1. The molecule has 0 amide bonds. The summed E-state index contributed by atoms with van der Waals surface area (Å²) in [6, 6.07) is 5.04. The predicted octanol–water partition coefficient (Wildman–Crippen LogP) is 7.29. The molecule has 2 unspecified atom stereocenters. The van der Waals surface area contributed by atoms with Crippen LogP contribution in [0.3, 0.4) is 0 Å². The number of ether oxygens (including phenoxy) is 2. The van der Waals surface area contributed by atoms with Crippen molar-refractivity contribution in [2.45, 2.75) is 63.5 Å². The van der Waals surface area contributed by atoms with Gasteiger partial charge in [0.1, 0.15) is 34.8 Å². The van der Waals surface area contributed by atoms with E-state index >= 15 is 4.39 Å². The lowest BCUT2D eigenvalue weighted by atomic mass is 9.92. The molecule has 4 aliphatic rings. The first-order valence-electron chi connectivity index (χ1n) is 15.7. The Morgan fingerprint density at radius 1 is 1.20 bits per heavy atom. The van der Waals surface area contributed by atoms with Gasteiger partial charge in [0.25, 0.3) is 0 Å². The molecule has 8 nitrogen and oxygen atoms in total. The van der Waals surface area contributed by atoms with Gasteiger partial charge >= 0.3 is 6.01 Å². The Morgan fingerprint density at radius 3 is 2.91 bits per heavy atom. The van der Waals surface area contributed by atoms with Gasteiger partial charge in [0.2, 0.25) is 0 Å². The number of nitriles is 1. The molecule has 12 heteroatoms. The first-order valence-corrected chi connectivity index (χ1v) is 16.9. The molecule has 0 bridgehead atoms. The third-order valence-corrected chi connectivity index (χ3v) is 11.6. The topological polar surface area (TPSA) is 101 Å². The number of anilines is 2. The van der Waals surface area contributed by atoms with Crippen LogP contribution in [0.2, 0.25) is 5.02 Å². The molecular weight excluding hydrogens is 618 g/mol. The Hall–Kier alpha value is -3.46. The monoisotopic (exact) mass is 650 g/mol. The van der Waals surface area contributed by atoms with Crippen LogP contribution in [0.25, 0.3) is 32.1 Å². The summed E-state index contributed by atoms with van der Waals surface area (Å²) < 4.78 is 45.0. The van der Waals surface area contributed by atoms with E-state index in [1.807, 2.05) is 0 Å². The number of aromatic nitrogens is 2. The van der Waals surface area contributed by atoms with Crippen LogP contribution in [0.15, 0.2) is 12.1 Å². The summed E-state index contributed by atoms with van der Waals surface area (Å²) in [5.41, 5.74) is 6.38. The van der Waals surface area contributed by atoms with Crippen molar-refractivity contribution in [1.82, 2.24) is 14.9 Å². The number of nitrogens with two attached hydrogens (primary N) is 1. The van der Waals surface area contributed by atoms with Gasteiger partial charge in [-0.15, -0.1) is 11.3 Å². The molecular formula is C33H33ClF2N6O2S. The number of rotatable bonds is 4. The highest BCUT2D eigenvalue weighted by atomic mass is 35.5. The van der Waals surface area contributed by atoms with Gasteiger partial charge in [0.05, 0.1) is 32.8 Å². The molecule has 3 saturated heterocycles. The average Bonchev–Trinajstić information content (AvgIpc) is 3.67. The standard InChI is InChI=1S/C33H33ClF2N6O2S/c1-17-13-33(9-4-10-41(33)15-17)16-44-32-39-27-24-28(43-12-8-18-5-2-3-11-42(18)31(24)40-32)25(34)23(26(27)36)19-6-7-21(35)29-22(19)20(14-37)30(38)45-29/h6-7,17-18H,2-5,8-13,15-16,38H2,1H3/t17-,18?,33?/m1/s1. The van der Waals surface area contributed by atoms with Crippen LogP contribution in [0, 0.1) is 28.9 Å². The Balaban J connectivity index is 1.35. The van der Waals surface area contributed by atoms with Gasteiger partial charge in [-0.1, -0.05) is 24.6 Å². The lowest BCUT2D eigenvalue weighted by Gasteiger charge is -2.39. The summed E-state index contributed by atoms with van der Waals surface area (Å²) in [7, 11) is 0. The van der Waals surface area contributed by atoms with Crippen molar-refractivity contribution < 1.29 is 18.3 Å². The van der Waals surface area contributed by atoms with E-state index < -0.39 is 11.6 Å². The molecule has 4 aliphatic heterocycles. The van der Waals surface area contributed by atoms with Crippen molar-refractivity contribution in [2.75, 3.05) is 43.5 Å². The zero-order chi connectivity index (χ0) is 31.0. The van der Waals surface area contributed by atoms with E-state index in [0.29, 0.717) is 30.3 Å². The van der Waals surface area contributed by atoms with Crippen LogP contribution >= 0.6 is 22.9 Å². The zero-order valence-corrected chi connectivity index (χ0v) is 26.5. The van der Waals surface area contributed by atoms with Gasteiger partial charge in [0, 0.05) is 36.5 Å². The second kappa shape index (κ2) is 10.8. The molecule has 4 aromatic rings. The minimum atomic E-state index is -0.707.